The fourth-order valence-corrected chi connectivity index (χ4v) is 8.63. The van der Waals surface area contributed by atoms with E-state index in [4.69, 9.17) is 4.74 Å². The van der Waals surface area contributed by atoms with Crippen LogP contribution in [-0.2, 0) is 14.3 Å². The number of rotatable bonds is 5. The van der Waals surface area contributed by atoms with E-state index in [0.717, 1.165) is 37.7 Å². The van der Waals surface area contributed by atoms with Crippen LogP contribution in [0.3, 0.4) is 0 Å². The molecule has 37 heavy (non-hydrogen) atoms. The van der Waals surface area contributed by atoms with Crippen LogP contribution in [0.2, 0.25) is 0 Å². The molecule has 3 saturated carbocycles. The molecule has 0 heterocycles. The lowest BCUT2D eigenvalue weighted by Gasteiger charge is -2.62. The summed E-state index contributed by atoms with van der Waals surface area (Å²) in [7, 11) is 0. The van der Waals surface area contributed by atoms with E-state index in [2.05, 4.69) is 20.8 Å². The number of aliphatic hydroxyl groups excluding tert-OH is 2. The van der Waals surface area contributed by atoms with Crippen LogP contribution < -0.4 is 0 Å². The van der Waals surface area contributed by atoms with Gasteiger partial charge in [-0.25, -0.2) is 4.79 Å². The van der Waals surface area contributed by atoms with Gasteiger partial charge in [-0.2, -0.15) is 0 Å². The van der Waals surface area contributed by atoms with Gasteiger partial charge in [0.05, 0.1) is 12.2 Å². The van der Waals surface area contributed by atoms with Gasteiger partial charge in [0, 0.05) is 12.5 Å². The molecular formula is C31H50O6. The minimum atomic E-state index is -0.972. The third-order valence-electron chi connectivity index (χ3n) is 10.3. The normalized spacial score (nSPS) is 41.7. The molecule has 3 aliphatic rings. The molecule has 6 heteroatoms. The molecule has 0 bridgehead atoms. The molecule has 1 unspecified atom stereocenters. The lowest BCUT2D eigenvalue weighted by Crippen LogP contribution is -2.58. The van der Waals surface area contributed by atoms with Crippen molar-refractivity contribution in [2.75, 3.05) is 0 Å². The molecule has 0 amide bonds. The van der Waals surface area contributed by atoms with Crippen molar-refractivity contribution >= 4 is 11.9 Å². The fourth-order valence-electron chi connectivity index (χ4n) is 8.63. The van der Waals surface area contributed by atoms with Crippen LogP contribution in [0.1, 0.15) is 106 Å². The molecule has 3 rings (SSSR count). The number of carboxylic acids is 1. The topological polar surface area (TPSA) is 104 Å². The molecule has 6 nitrogen and oxygen atoms in total. The van der Waals surface area contributed by atoms with E-state index in [9.17, 15) is 24.9 Å². The first-order chi connectivity index (χ1) is 17.2. The van der Waals surface area contributed by atoms with E-state index in [-0.39, 0.29) is 34.7 Å². The summed E-state index contributed by atoms with van der Waals surface area (Å²) in [6.07, 6.45) is 6.83. The number of aliphatic carboxylic acids is 1. The predicted molar refractivity (Wildman–Crippen MR) is 145 cm³/mol. The van der Waals surface area contributed by atoms with Crippen molar-refractivity contribution in [1.29, 1.82) is 0 Å². The first-order valence-electron chi connectivity index (χ1n) is 14.3. The zero-order valence-electron chi connectivity index (χ0n) is 24.0. The zero-order chi connectivity index (χ0) is 27.7. The summed E-state index contributed by atoms with van der Waals surface area (Å²) in [5.74, 6) is -1.05. The van der Waals surface area contributed by atoms with Crippen molar-refractivity contribution in [3.05, 3.63) is 22.8 Å². The van der Waals surface area contributed by atoms with Crippen molar-refractivity contribution < 1.29 is 29.6 Å². The molecule has 210 valence electrons. The molecule has 3 fully saturated rings. The first-order valence-corrected chi connectivity index (χ1v) is 14.3. The zero-order valence-corrected chi connectivity index (χ0v) is 24.0. The van der Waals surface area contributed by atoms with E-state index in [1.54, 1.807) is 0 Å². The van der Waals surface area contributed by atoms with E-state index in [1.165, 1.54) is 6.92 Å². The van der Waals surface area contributed by atoms with Gasteiger partial charge in [0.1, 0.15) is 6.10 Å². The summed E-state index contributed by atoms with van der Waals surface area (Å²) in [4.78, 5) is 24.7. The highest BCUT2D eigenvalue weighted by molar-refractivity contribution is 5.88. The fraction of sp³-hybridized carbons (Fsp3) is 0.806. The second kappa shape index (κ2) is 11.6. The molecular weight excluding hydrogens is 468 g/mol. The number of hydrogen-bond donors (Lipinski definition) is 3. The molecule has 0 aromatic carbocycles. The molecule has 0 saturated heterocycles. The lowest BCUT2D eigenvalue weighted by atomic mass is 9.44. The summed E-state index contributed by atoms with van der Waals surface area (Å²) in [6.45, 7) is 14.1. The molecule has 3 N–H and O–H groups in total. The van der Waals surface area contributed by atoms with Crippen LogP contribution in [0.5, 0.6) is 0 Å². The van der Waals surface area contributed by atoms with Crippen molar-refractivity contribution in [2.45, 2.75) is 125 Å². The monoisotopic (exact) mass is 518 g/mol. The summed E-state index contributed by atoms with van der Waals surface area (Å²) in [5.41, 5.74) is 1.86. The first kappa shape index (κ1) is 29.9. The number of allylic oxidation sites excluding steroid dienone is 2. The second-order valence-corrected chi connectivity index (χ2v) is 13.1. The van der Waals surface area contributed by atoms with E-state index < -0.39 is 24.1 Å². The number of esters is 1. The largest absolute Gasteiger partial charge is 0.478 e. The molecule has 0 aliphatic heterocycles. The Kier molecular flexibility index (Phi) is 9.38. The predicted octanol–water partition coefficient (Wildman–Crippen LogP) is 6.06. The number of aliphatic hydroxyl groups is 2. The van der Waals surface area contributed by atoms with Gasteiger partial charge in [-0.15, -0.1) is 0 Å². The SMILES string of the molecule is CC(=O)OC1CC[C@@]2(C)CC[C@H]3[C@H](C)[C@H](O)CC[C@]3(C)[C@@H]2[C@H](O)C[C@H](C)/C1=C(\CCC=C(C)C)C(=O)O. The van der Waals surface area contributed by atoms with Gasteiger partial charge in [0.15, 0.2) is 0 Å². The number of fused-ring (bicyclic) bond motifs is 3. The van der Waals surface area contributed by atoms with Crippen LogP contribution >= 0.6 is 0 Å². The number of carbonyl (C=O) groups excluding carboxylic acids is 1. The van der Waals surface area contributed by atoms with Gasteiger partial charge in [-0.05, 0) is 112 Å². The van der Waals surface area contributed by atoms with Crippen molar-refractivity contribution in [1.82, 2.24) is 0 Å². The summed E-state index contributed by atoms with van der Waals surface area (Å²) < 4.78 is 5.86. The highest BCUT2D eigenvalue weighted by Gasteiger charge is 2.59. The van der Waals surface area contributed by atoms with Crippen molar-refractivity contribution in [2.24, 2.45) is 34.5 Å². The molecule has 0 aromatic heterocycles. The molecule has 0 spiro atoms. The van der Waals surface area contributed by atoms with Gasteiger partial charge < -0.3 is 20.1 Å². The number of carbonyl (C=O) groups is 2. The van der Waals surface area contributed by atoms with Crippen LogP contribution in [0.25, 0.3) is 0 Å². The standard InChI is InChI=1S/C31H50O6/c1-18(2)9-8-10-22(29(35)36)27-19(3)17-25(34)28-30(6,15-13-26(27)37-21(5)32)14-11-23-20(4)24(33)12-16-31(23,28)7/h9,19-20,23-26,28,33-34H,8,10-17H2,1-7H3,(H,35,36)/b27-22-/t19-,20-,23-,24+,25+,26?,28+,30+,31-/m0/s1. The van der Waals surface area contributed by atoms with Crippen LogP contribution in [0.4, 0.5) is 0 Å². The highest BCUT2D eigenvalue weighted by atomic mass is 16.5. The second-order valence-electron chi connectivity index (χ2n) is 13.1. The Morgan fingerprint density at radius 3 is 2.24 bits per heavy atom. The lowest BCUT2D eigenvalue weighted by molar-refractivity contribution is -0.172. The van der Waals surface area contributed by atoms with Crippen LogP contribution in [0, 0.1) is 34.5 Å². The molecule has 0 aromatic rings. The van der Waals surface area contributed by atoms with Gasteiger partial charge in [-0.3, -0.25) is 4.79 Å². The molecule has 3 aliphatic carbocycles. The number of ether oxygens (including phenoxy) is 1. The van der Waals surface area contributed by atoms with E-state index >= 15 is 0 Å². The van der Waals surface area contributed by atoms with Gasteiger partial charge in [0.25, 0.3) is 0 Å². The maximum Gasteiger partial charge on any atom is 0.331 e. The Morgan fingerprint density at radius 1 is 1.00 bits per heavy atom. The average Bonchev–Trinajstić information content (AvgIpc) is 2.81. The van der Waals surface area contributed by atoms with Crippen LogP contribution in [0.15, 0.2) is 22.8 Å². The number of carboxylic acid groups (broad SMARTS) is 1. The number of hydrogen-bond acceptors (Lipinski definition) is 5. The summed E-state index contributed by atoms with van der Waals surface area (Å²) in [6, 6.07) is 0. The third-order valence-corrected chi connectivity index (χ3v) is 10.3. The maximum absolute atomic E-state index is 12.5. The molecule has 9 atom stereocenters. The quantitative estimate of drug-likeness (QED) is 0.232. The third kappa shape index (κ3) is 6.16. The summed E-state index contributed by atoms with van der Waals surface area (Å²) >= 11 is 0. The minimum Gasteiger partial charge on any atom is -0.478 e. The van der Waals surface area contributed by atoms with E-state index in [0.29, 0.717) is 42.7 Å². The van der Waals surface area contributed by atoms with Crippen LogP contribution in [-0.4, -0.2) is 45.6 Å². The Morgan fingerprint density at radius 2 is 1.65 bits per heavy atom. The van der Waals surface area contributed by atoms with Gasteiger partial charge in [-0.1, -0.05) is 39.3 Å². The smallest absolute Gasteiger partial charge is 0.331 e. The van der Waals surface area contributed by atoms with Crippen molar-refractivity contribution in [3.63, 3.8) is 0 Å². The Bertz CT molecular complexity index is 917. The molecule has 0 radical (unpaired) electrons. The summed E-state index contributed by atoms with van der Waals surface area (Å²) in [5, 5.41) is 32.8. The Labute approximate surface area is 223 Å². The average molecular weight is 519 g/mol. The van der Waals surface area contributed by atoms with Gasteiger partial charge in [0.2, 0.25) is 0 Å². The Hall–Kier alpha value is -1.66. The van der Waals surface area contributed by atoms with E-state index in [1.807, 2.05) is 26.8 Å². The van der Waals surface area contributed by atoms with Crippen molar-refractivity contribution in [3.8, 4) is 0 Å². The maximum atomic E-state index is 12.5. The highest BCUT2D eigenvalue weighted by Crippen LogP contribution is 2.64. The Balaban J connectivity index is 2.08. The van der Waals surface area contributed by atoms with Gasteiger partial charge >= 0.3 is 11.9 Å². The minimum absolute atomic E-state index is 0.0347.